The number of hydrogen-bond acceptors (Lipinski definition) is 5. The summed E-state index contributed by atoms with van der Waals surface area (Å²) in [5, 5.41) is 8.93. The minimum Gasteiger partial charge on any atom is -0.383 e. The predicted octanol–water partition coefficient (Wildman–Crippen LogP) is 2.61. The van der Waals surface area contributed by atoms with Crippen LogP contribution in [0, 0.1) is 5.82 Å². The lowest BCUT2D eigenvalue weighted by atomic mass is 10.0. The molecule has 27 heavy (non-hydrogen) atoms. The minimum absolute atomic E-state index is 0.120. The second kappa shape index (κ2) is 8.70. The molecule has 1 aromatic carbocycles. The van der Waals surface area contributed by atoms with Crippen LogP contribution in [0.1, 0.15) is 27.0 Å². The average molecular weight is 387 g/mol. The maximum absolute atomic E-state index is 13.3. The monoisotopic (exact) mass is 387 g/mol. The molecule has 3 rings (SSSR count). The molecular formula is C19H18FN3O3S. The van der Waals surface area contributed by atoms with Crippen LogP contribution in [0.15, 0.2) is 58.7 Å². The fourth-order valence-electron chi connectivity index (χ4n) is 2.54. The van der Waals surface area contributed by atoms with Gasteiger partial charge in [0, 0.05) is 18.1 Å². The highest BCUT2D eigenvalue weighted by Gasteiger charge is 2.20. The largest absolute Gasteiger partial charge is 0.383 e. The Kier molecular flexibility index (Phi) is 6.10. The van der Waals surface area contributed by atoms with Gasteiger partial charge in [-0.3, -0.25) is 9.59 Å². The third-order valence-corrected chi connectivity index (χ3v) is 4.85. The van der Waals surface area contributed by atoms with Crippen molar-refractivity contribution < 1.29 is 13.9 Å². The van der Waals surface area contributed by atoms with Crippen LogP contribution >= 0.6 is 11.3 Å². The van der Waals surface area contributed by atoms with Crippen LogP contribution in [0.2, 0.25) is 0 Å². The zero-order chi connectivity index (χ0) is 19.2. The Morgan fingerprint density at radius 2 is 2.04 bits per heavy atom. The van der Waals surface area contributed by atoms with E-state index in [2.05, 4.69) is 10.4 Å². The van der Waals surface area contributed by atoms with Crippen LogP contribution in [0.3, 0.4) is 0 Å². The van der Waals surface area contributed by atoms with Gasteiger partial charge < -0.3 is 10.1 Å². The highest BCUT2D eigenvalue weighted by atomic mass is 32.1. The molecule has 3 aromatic rings. The number of halogens is 1. The van der Waals surface area contributed by atoms with E-state index in [0.717, 1.165) is 10.4 Å². The Morgan fingerprint density at radius 1 is 1.26 bits per heavy atom. The standard InChI is InChI=1S/C19H18FN3O3S/c1-26-11-10-23-17(24)9-8-15(22-23)19(25)21-18(16-3-2-12-27-16)13-4-6-14(20)7-5-13/h2-9,12,18H,10-11H2,1H3,(H,21,25). The molecule has 0 bridgehead atoms. The van der Waals surface area contributed by atoms with E-state index in [1.54, 1.807) is 12.1 Å². The molecule has 0 saturated heterocycles. The van der Waals surface area contributed by atoms with Crippen LogP contribution < -0.4 is 10.9 Å². The number of hydrogen-bond donors (Lipinski definition) is 1. The first-order chi connectivity index (χ1) is 13.1. The number of ether oxygens (including phenoxy) is 1. The van der Waals surface area contributed by atoms with E-state index >= 15 is 0 Å². The number of carbonyl (C=O) groups is 1. The summed E-state index contributed by atoms with van der Waals surface area (Å²) < 4.78 is 19.4. The van der Waals surface area contributed by atoms with Crippen molar-refractivity contribution >= 4 is 17.2 Å². The quantitative estimate of drug-likeness (QED) is 0.676. The van der Waals surface area contributed by atoms with Crippen molar-refractivity contribution in [3.8, 4) is 0 Å². The molecule has 0 aliphatic carbocycles. The van der Waals surface area contributed by atoms with Crippen LogP contribution in [0.4, 0.5) is 4.39 Å². The number of carbonyl (C=O) groups excluding carboxylic acids is 1. The van der Waals surface area contributed by atoms with Gasteiger partial charge in [-0.1, -0.05) is 18.2 Å². The lowest BCUT2D eigenvalue weighted by Crippen LogP contribution is -2.32. The second-order valence-corrected chi connectivity index (χ2v) is 6.73. The molecule has 1 amide bonds. The molecule has 0 aliphatic rings. The van der Waals surface area contributed by atoms with E-state index in [4.69, 9.17) is 4.74 Å². The Bertz CT molecular complexity index is 955. The van der Waals surface area contributed by atoms with Gasteiger partial charge in [0.05, 0.1) is 19.2 Å². The fraction of sp³-hybridized carbons (Fsp3) is 0.211. The highest BCUT2D eigenvalue weighted by molar-refractivity contribution is 7.10. The van der Waals surface area contributed by atoms with E-state index in [0.29, 0.717) is 6.61 Å². The van der Waals surface area contributed by atoms with Crippen LogP contribution in [0.5, 0.6) is 0 Å². The second-order valence-electron chi connectivity index (χ2n) is 5.75. The molecule has 0 radical (unpaired) electrons. The minimum atomic E-state index is -0.445. The summed E-state index contributed by atoms with van der Waals surface area (Å²) in [6, 6.07) is 12.0. The van der Waals surface area contributed by atoms with Gasteiger partial charge in [-0.2, -0.15) is 5.10 Å². The first-order valence-corrected chi connectivity index (χ1v) is 9.13. The van der Waals surface area contributed by atoms with E-state index in [9.17, 15) is 14.0 Å². The molecular weight excluding hydrogens is 369 g/mol. The van der Waals surface area contributed by atoms with Gasteiger partial charge in [0.2, 0.25) is 0 Å². The smallest absolute Gasteiger partial charge is 0.272 e. The topological polar surface area (TPSA) is 73.2 Å². The van der Waals surface area contributed by atoms with Gasteiger partial charge in [0.1, 0.15) is 11.5 Å². The summed E-state index contributed by atoms with van der Waals surface area (Å²) in [4.78, 5) is 25.5. The fourth-order valence-corrected chi connectivity index (χ4v) is 3.34. The summed E-state index contributed by atoms with van der Waals surface area (Å²) in [5.41, 5.74) is 0.561. The van der Waals surface area contributed by atoms with Gasteiger partial charge in [-0.05, 0) is 35.2 Å². The summed E-state index contributed by atoms with van der Waals surface area (Å²) in [6.07, 6.45) is 0. The number of benzene rings is 1. The molecule has 0 aliphatic heterocycles. The summed E-state index contributed by atoms with van der Waals surface area (Å²) in [6.45, 7) is 0.564. The number of thiophene rings is 1. The number of aromatic nitrogens is 2. The molecule has 1 N–H and O–H groups in total. The molecule has 2 aromatic heterocycles. The molecule has 2 heterocycles. The molecule has 0 saturated carbocycles. The van der Waals surface area contributed by atoms with Gasteiger partial charge in [-0.15, -0.1) is 11.3 Å². The molecule has 0 spiro atoms. The van der Waals surface area contributed by atoms with Crippen molar-refractivity contribution in [3.05, 3.63) is 86.2 Å². The third-order valence-electron chi connectivity index (χ3n) is 3.91. The molecule has 140 valence electrons. The lowest BCUT2D eigenvalue weighted by Gasteiger charge is -2.18. The van der Waals surface area contributed by atoms with Crippen molar-refractivity contribution in [1.82, 2.24) is 15.1 Å². The molecule has 8 heteroatoms. The number of amides is 1. The van der Waals surface area contributed by atoms with Crippen LogP contribution in [-0.4, -0.2) is 29.4 Å². The first-order valence-electron chi connectivity index (χ1n) is 8.25. The zero-order valence-electron chi connectivity index (χ0n) is 14.6. The van der Waals surface area contributed by atoms with Crippen LogP contribution in [-0.2, 0) is 11.3 Å². The molecule has 1 unspecified atom stereocenters. The number of nitrogens with one attached hydrogen (secondary N) is 1. The number of methoxy groups -OCH3 is 1. The van der Waals surface area contributed by atoms with Gasteiger partial charge in [-0.25, -0.2) is 9.07 Å². The molecule has 0 fully saturated rings. The predicted molar refractivity (Wildman–Crippen MR) is 100 cm³/mol. The normalized spacial score (nSPS) is 11.9. The zero-order valence-corrected chi connectivity index (χ0v) is 15.4. The lowest BCUT2D eigenvalue weighted by molar-refractivity contribution is 0.0934. The maximum atomic E-state index is 13.3. The van der Waals surface area contributed by atoms with Crippen molar-refractivity contribution in [3.63, 3.8) is 0 Å². The molecule has 6 nitrogen and oxygen atoms in total. The Labute approximate surface area is 159 Å². The summed E-state index contributed by atoms with van der Waals surface area (Å²) >= 11 is 1.48. The summed E-state index contributed by atoms with van der Waals surface area (Å²) in [5.74, 6) is -0.772. The third kappa shape index (κ3) is 4.66. The summed E-state index contributed by atoms with van der Waals surface area (Å²) in [7, 11) is 1.52. The van der Waals surface area contributed by atoms with E-state index in [1.807, 2.05) is 17.5 Å². The van der Waals surface area contributed by atoms with Gasteiger partial charge in [0.25, 0.3) is 11.5 Å². The van der Waals surface area contributed by atoms with E-state index in [-0.39, 0.29) is 23.6 Å². The Hall–Kier alpha value is -2.84. The number of nitrogens with zero attached hydrogens (tertiary/aromatic N) is 2. The average Bonchev–Trinajstić information content (AvgIpc) is 3.20. The van der Waals surface area contributed by atoms with Crippen LogP contribution in [0.25, 0.3) is 0 Å². The van der Waals surface area contributed by atoms with Crippen molar-refractivity contribution in [2.24, 2.45) is 0 Å². The van der Waals surface area contributed by atoms with Crippen molar-refractivity contribution in [2.75, 3.05) is 13.7 Å². The Morgan fingerprint density at radius 3 is 2.70 bits per heavy atom. The first kappa shape index (κ1) is 18.9. The SMILES string of the molecule is COCCn1nc(C(=O)NC(c2ccc(F)cc2)c2cccs2)ccc1=O. The Balaban J connectivity index is 1.87. The van der Waals surface area contributed by atoms with Gasteiger partial charge in [0.15, 0.2) is 0 Å². The maximum Gasteiger partial charge on any atom is 0.272 e. The van der Waals surface area contributed by atoms with E-state index in [1.165, 1.54) is 47.4 Å². The van der Waals surface area contributed by atoms with Gasteiger partial charge >= 0.3 is 0 Å². The van der Waals surface area contributed by atoms with E-state index < -0.39 is 11.9 Å². The van der Waals surface area contributed by atoms with Crippen molar-refractivity contribution in [1.29, 1.82) is 0 Å². The van der Waals surface area contributed by atoms with Crippen molar-refractivity contribution in [2.45, 2.75) is 12.6 Å². The molecule has 1 atom stereocenters. The number of rotatable bonds is 7. The highest BCUT2D eigenvalue weighted by Crippen LogP contribution is 2.26.